The van der Waals surface area contributed by atoms with Gasteiger partial charge in [0.25, 0.3) is 0 Å². The third kappa shape index (κ3) is 7.75. The number of halogens is 2. The van der Waals surface area contributed by atoms with Gasteiger partial charge in [0.05, 0.1) is 25.3 Å². The second-order valence-electron chi connectivity index (χ2n) is 5.79. The van der Waals surface area contributed by atoms with Gasteiger partial charge in [0.2, 0.25) is 0 Å². The predicted molar refractivity (Wildman–Crippen MR) is 124 cm³/mol. The third-order valence-electron chi connectivity index (χ3n) is 3.76. The van der Waals surface area contributed by atoms with Crippen LogP contribution >= 0.6 is 35.6 Å². The molecule has 1 aromatic heterocycles. The van der Waals surface area contributed by atoms with Crippen molar-refractivity contribution in [3.05, 3.63) is 41.2 Å². The van der Waals surface area contributed by atoms with Crippen LogP contribution in [0.2, 0.25) is 5.02 Å². The highest BCUT2D eigenvalue weighted by molar-refractivity contribution is 14.0. The molecule has 28 heavy (non-hydrogen) atoms. The van der Waals surface area contributed by atoms with Gasteiger partial charge in [-0.25, -0.2) is 4.99 Å². The molecule has 0 amide bonds. The van der Waals surface area contributed by atoms with E-state index in [2.05, 4.69) is 20.7 Å². The van der Waals surface area contributed by atoms with Gasteiger partial charge < -0.3 is 20.1 Å². The molecule has 1 heterocycles. The number of nitrogens with zero attached hydrogens (tertiary/aromatic N) is 3. The van der Waals surface area contributed by atoms with Gasteiger partial charge in [-0.3, -0.25) is 4.68 Å². The Labute approximate surface area is 188 Å². The number of ether oxygens (including phenoxy) is 2. The average Bonchev–Trinajstić information content (AvgIpc) is 3.18. The molecule has 0 atom stereocenters. The molecule has 2 rings (SSSR count). The fraction of sp³-hybridized carbons (Fsp3) is 0.474. The normalized spacial score (nSPS) is 10.9. The van der Waals surface area contributed by atoms with Crippen LogP contribution in [0, 0.1) is 0 Å². The number of aromatic nitrogens is 2. The van der Waals surface area contributed by atoms with Crippen molar-refractivity contribution in [2.75, 3.05) is 26.8 Å². The lowest BCUT2D eigenvalue weighted by Crippen LogP contribution is -2.38. The van der Waals surface area contributed by atoms with Crippen molar-refractivity contribution in [3.8, 4) is 11.5 Å². The summed E-state index contributed by atoms with van der Waals surface area (Å²) in [6.07, 6.45) is 4.70. The second-order valence-corrected chi connectivity index (χ2v) is 6.19. The van der Waals surface area contributed by atoms with Crippen LogP contribution in [0.25, 0.3) is 0 Å². The zero-order valence-electron chi connectivity index (χ0n) is 16.6. The molecule has 156 valence electrons. The van der Waals surface area contributed by atoms with Crippen LogP contribution < -0.4 is 20.1 Å². The molecular formula is C19H29ClIN5O2. The first-order chi connectivity index (χ1) is 13.2. The van der Waals surface area contributed by atoms with Crippen LogP contribution in [-0.2, 0) is 13.1 Å². The topological polar surface area (TPSA) is 72.7 Å². The van der Waals surface area contributed by atoms with Gasteiger partial charge in [-0.15, -0.1) is 24.0 Å². The molecule has 0 radical (unpaired) electrons. The minimum absolute atomic E-state index is 0. The Morgan fingerprint density at radius 3 is 2.75 bits per heavy atom. The Balaban J connectivity index is 0.00000392. The monoisotopic (exact) mass is 521 g/mol. The molecule has 0 spiro atoms. The van der Waals surface area contributed by atoms with E-state index >= 15 is 0 Å². The predicted octanol–water partition coefficient (Wildman–Crippen LogP) is 3.71. The van der Waals surface area contributed by atoms with Gasteiger partial charge in [-0.05, 0) is 44.0 Å². The maximum Gasteiger partial charge on any atom is 0.191 e. The van der Waals surface area contributed by atoms with Gasteiger partial charge in [-0.1, -0.05) is 11.6 Å². The van der Waals surface area contributed by atoms with E-state index in [1.807, 2.05) is 42.9 Å². The number of nitrogens with one attached hydrogen (secondary N) is 2. The summed E-state index contributed by atoms with van der Waals surface area (Å²) in [4.78, 5) is 4.63. The number of guanidine groups is 1. The highest BCUT2D eigenvalue weighted by Gasteiger charge is 2.11. The van der Waals surface area contributed by atoms with Crippen molar-refractivity contribution in [1.29, 1.82) is 0 Å². The first-order valence-corrected chi connectivity index (χ1v) is 9.54. The van der Waals surface area contributed by atoms with E-state index in [1.54, 1.807) is 13.3 Å². The van der Waals surface area contributed by atoms with E-state index in [0.717, 1.165) is 37.6 Å². The molecular weight excluding hydrogens is 493 g/mol. The zero-order chi connectivity index (χ0) is 19.5. The van der Waals surface area contributed by atoms with Crippen molar-refractivity contribution in [3.63, 3.8) is 0 Å². The van der Waals surface area contributed by atoms with Crippen molar-refractivity contribution in [2.45, 2.75) is 33.4 Å². The lowest BCUT2D eigenvalue weighted by molar-refractivity contribution is 0.311. The fourth-order valence-electron chi connectivity index (χ4n) is 2.54. The summed E-state index contributed by atoms with van der Waals surface area (Å²) in [6, 6.07) is 5.69. The number of benzene rings is 1. The quantitative estimate of drug-likeness (QED) is 0.216. The van der Waals surface area contributed by atoms with Crippen LogP contribution in [0.1, 0.15) is 25.8 Å². The summed E-state index contributed by atoms with van der Waals surface area (Å²) in [5.74, 6) is 1.95. The molecule has 7 nitrogen and oxygen atoms in total. The van der Waals surface area contributed by atoms with Gasteiger partial charge in [0, 0.05) is 32.0 Å². The summed E-state index contributed by atoms with van der Waals surface area (Å²) >= 11 is 6.33. The molecule has 0 aliphatic carbocycles. The molecule has 1 aromatic carbocycles. The molecule has 0 bridgehead atoms. The van der Waals surface area contributed by atoms with Crippen molar-refractivity contribution in [1.82, 2.24) is 20.4 Å². The van der Waals surface area contributed by atoms with Crippen molar-refractivity contribution in [2.24, 2.45) is 4.99 Å². The van der Waals surface area contributed by atoms with Crippen LogP contribution in [0.5, 0.6) is 11.5 Å². The van der Waals surface area contributed by atoms with E-state index < -0.39 is 0 Å². The second kappa shape index (κ2) is 13.5. The van der Waals surface area contributed by atoms with E-state index in [-0.39, 0.29) is 24.0 Å². The molecule has 2 N–H and O–H groups in total. The molecule has 0 fully saturated rings. The standard InChI is InChI=1S/C19H28ClN5O2.HI/c1-4-21-19(22-8-6-10-25-11-7-9-24-25)23-14-15-12-16(20)18(27-5-2)17(13-15)26-3;/h7,9,11-13H,4-6,8,10,14H2,1-3H3,(H2,21,22,23);1H. The summed E-state index contributed by atoms with van der Waals surface area (Å²) in [7, 11) is 1.60. The molecule has 0 aliphatic rings. The smallest absolute Gasteiger partial charge is 0.191 e. The Bertz CT molecular complexity index is 725. The fourth-order valence-corrected chi connectivity index (χ4v) is 2.83. The number of aryl methyl sites for hydroxylation is 1. The molecule has 0 saturated heterocycles. The maximum atomic E-state index is 6.33. The average molecular weight is 522 g/mol. The summed E-state index contributed by atoms with van der Waals surface area (Å²) < 4.78 is 12.9. The van der Waals surface area contributed by atoms with Crippen LogP contribution in [0.3, 0.4) is 0 Å². The summed E-state index contributed by atoms with van der Waals surface area (Å²) in [6.45, 7) is 7.42. The number of hydrogen-bond acceptors (Lipinski definition) is 4. The summed E-state index contributed by atoms with van der Waals surface area (Å²) in [5.41, 5.74) is 0.953. The molecule has 9 heteroatoms. The number of methoxy groups -OCH3 is 1. The third-order valence-corrected chi connectivity index (χ3v) is 4.04. The lowest BCUT2D eigenvalue weighted by Gasteiger charge is -2.14. The lowest BCUT2D eigenvalue weighted by atomic mass is 10.2. The van der Waals surface area contributed by atoms with Crippen LogP contribution in [0.4, 0.5) is 0 Å². The Kier molecular flexibility index (Phi) is 11.7. The highest BCUT2D eigenvalue weighted by Crippen LogP contribution is 2.36. The van der Waals surface area contributed by atoms with Crippen molar-refractivity contribution < 1.29 is 9.47 Å². The van der Waals surface area contributed by atoms with Crippen LogP contribution in [-0.4, -0.2) is 42.5 Å². The molecule has 0 saturated carbocycles. The molecule has 0 aliphatic heterocycles. The van der Waals surface area contributed by atoms with Gasteiger partial charge in [0.1, 0.15) is 0 Å². The van der Waals surface area contributed by atoms with Crippen molar-refractivity contribution >= 4 is 41.5 Å². The number of aliphatic imine (C=N–C) groups is 1. The van der Waals surface area contributed by atoms with Gasteiger partial charge >= 0.3 is 0 Å². The maximum absolute atomic E-state index is 6.33. The first kappa shape index (κ1) is 24.4. The number of hydrogen-bond donors (Lipinski definition) is 2. The zero-order valence-corrected chi connectivity index (χ0v) is 19.7. The van der Waals surface area contributed by atoms with E-state index in [4.69, 9.17) is 21.1 Å². The first-order valence-electron chi connectivity index (χ1n) is 9.16. The van der Waals surface area contributed by atoms with Gasteiger partial charge in [-0.2, -0.15) is 5.10 Å². The Morgan fingerprint density at radius 1 is 1.29 bits per heavy atom. The van der Waals surface area contributed by atoms with E-state index in [9.17, 15) is 0 Å². The summed E-state index contributed by atoms with van der Waals surface area (Å²) in [5, 5.41) is 11.3. The van der Waals surface area contributed by atoms with Crippen LogP contribution in [0.15, 0.2) is 35.6 Å². The molecule has 2 aromatic rings. The van der Waals surface area contributed by atoms with Gasteiger partial charge in [0.15, 0.2) is 17.5 Å². The molecule has 0 unspecified atom stereocenters. The largest absolute Gasteiger partial charge is 0.493 e. The Hall–Kier alpha value is -1.68. The number of rotatable bonds is 10. The minimum Gasteiger partial charge on any atom is -0.493 e. The highest BCUT2D eigenvalue weighted by atomic mass is 127. The Morgan fingerprint density at radius 2 is 2.11 bits per heavy atom. The SMILES string of the molecule is CCNC(=NCc1cc(Cl)c(OCC)c(OC)c1)NCCCn1cccn1.I. The minimum atomic E-state index is 0. The van der Waals surface area contributed by atoms with E-state index in [1.165, 1.54) is 0 Å². The van der Waals surface area contributed by atoms with E-state index in [0.29, 0.717) is 29.7 Å².